The molecule has 14 heavy (non-hydrogen) atoms. The van der Waals surface area contributed by atoms with Crippen molar-refractivity contribution in [3.63, 3.8) is 0 Å². The van der Waals surface area contributed by atoms with Gasteiger partial charge in [0.25, 0.3) is 0 Å². The minimum atomic E-state index is -4.34. The Bertz CT molecular complexity index is 335. The summed E-state index contributed by atoms with van der Waals surface area (Å²) in [6.45, 7) is 0. The quantitative estimate of drug-likeness (QED) is 0.756. The van der Waals surface area contributed by atoms with Crippen molar-refractivity contribution in [1.82, 2.24) is 4.98 Å². The molecule has 0 aromatic carbocycles. The van der Waals surface area contributed by atoms with Gasteiger partial charge in [0.15, 0.2) is 0 Å². The molecule has 5 heteroatoms. The second kappa shape index (κ2) is 2.70. The molecule has 76 valence electrons. The van der Waals surface area contributed by atoms with Crippen LogP contribution in [-0.4, -0.2) is 4.98 Å². The molecule has 1 aliphatic carbocycles. The number of rotatable bonds is 1. The number of alkyl halides is 3. The Morgan fingerprint density at radius 1 is 1.29 bits per heavy atom. The maximum atomic E-state index is 12.3. The first-order valence-electron chi connectivity index (χ1n) is 4.23. The molecule has 1 fully saturated rings. The second-order valence-electron chi connectivity index (χ2n) is 3.62. The summed E-state index contributed by atoms with van der Waals surface area (Å²) in [5.41, 5.74) is 4.96. The van der Waals surface area contributed by atoms with E-state index in [2.05, 4.69) is 4.98 Å². The van der Waals surface area contributed by atoms with Crippen LogP contribution in [0.1, 0.15) is 24.0 Å². The number of hydrogen-bond acceptors (Lipinski definition) is 2. The van der Waals surface area contributed by atoms with Gasteiger partial charge in [0.05, 0.1) is 5.56 Å². The third-order valence-electron chi connectivity index (χ3n) is 2.43. The molecule has 0 spiro atoms. The van der Waals surface area contributed by atoms with E-state index in [1.807, 2.05) is 0 Å². The molecule has 2 nitrogen and oxygen atoms in total. The van der Waals surface area contributed by atoms with Gasteiger partial charge in [0.1, 0.15) is 0 Å². The predicted octanol–water partition coefficient (Wildman–Crippen LogP) is 2.05. The smallest absolute Gasteiger partial charge is 0.321 e. The lowest BCUT2D eigenvalue weighted by atomic mass is 10.1. The fourth-order valence-electron chi connectivity index (χ4n) is 1.29. The van der Waals surface area contributed by atoms with E-state index in [0.29, 0.717) is 5.56 Å². The van der Waals surface area contributed by atoms with E-state index < -0.39 is 17.3 Å². The SMILES string of the molecule is NC1(c2cncc(C(F)(F)F)c2)CC1. The average Bonchev–Trinajstić information content (AvgIpc) is 2.84. The van der Waals surface area contributed by atoms with Crippen molar-refractivity contribution in [1.29, 1.82) is 0 Å². The van der Waals surface area contributed by atoms with Gasteiger partial charge >= 0.3 is 6.18 Å². The van der Waals surface area contributed by atoms with E-state index in [1.165, 1.54) is 6.20 Å². The van der Waals surface area contributed by atoms with Crippen LogP contribution in [0.15, 0.2) is 18.5 Å². The highest BCUT2D eigenvalue weighted by atomic mass is 19.4. The first kappa shape index (κ1) is 9.45. The van der Waals surface area contributed by atoms with Crippen LogP contribution >= 0.6 is 0 Å². The summed E-state index contributed by atoms with van der Waals surface area (Å²) in [5.74, 6) is 0. The Labute approximate surface area is 78.9 Å². The van der Waals surface area contributed by atoms with Crippen molar-refractivity contribution in [2.75, 3.05) is 0 Å². The van der Waals surface area contributed by atoms with Gasteiger partial charge in [-0.05, 0) is 24.5 Å². The average molecular weight is 202 g/mol. The van der Waals surface area contributed by atoms with Crippen molar-refractivity contribution >= 4 is 0 Å². The topological polar surface area (TPSA) is 38.9 Å². The van der Waals surface area contributed by atoms with E-state index in [0.717, 1.165) is 25.1 Å². The minimum Gasteiger partial charge on any atom is -0.321 e. The Morgan fingerprint density at radius 3 is 2.43 bits per heavy atom. The number of aromatic nitrogens is 1. The lowest BCUT2D eigenvalue weighted by Gasteiger charge is -2.11. The van der Waals surface area contributed by atoms with E-state index in [-0.39, 0.29) is 0 Å². The molecule has 1 saturated carbocycles. The Hall–Kier alpha value is -1.10. The first-order valence-corrected chi connectivity index (χ1v) is 4.23. The van der Waals surface area contributed by atoms with Crippen LogP contribution in [0.3, 0.4) is 0 Å². The molecule has 1 aliphatic rings. The van der Waals surface area contributed by atoms with Crippen molar-refractivity contribution in [3.8, 4) is 0 Å². The molecule has 0 atom stereocenters. The molecule has 0 amide bonds. The Morgan fingerprint density at radius 2 is 1.93 bits per heavy atom. The van der Waals surface area contributed by atoms with E-state index in [4.69, 9.17) is 5.73 Å². The summed E-state index contributed by atoms with van der Waals surface area (Å²) in [7, 11) is 0. The van der Waals surface area contributed by atoms with Crippen LogP contribution in [0, 0.1) is 0 Å². The summed E-state index contributed by atoms with van der Waals surface area (Å²) in [5, 5.41) is 0. The lowest BCUT2D eigenvalue weighted by Crippen LogP contribution is -2.20. The summed E-state index contributed by atoms with van der Waals surface area (Å²) < 4.78 is 36.9. The van der Waals surface area contributed by atoms with Gasteiger partial charge in [-0.1, -0.05) is 0 Å². The third-order valence-corrected chi connectivity index (χ3v) is 2.43. The van der Waals surface area contributed by atoms with Crippen LogP contribution in [0.5, 0.6) is 0 Å². The molecule has 0 unspecified atom stereocenters. The summed E-state index contributed by atoms with van der Waals surface area (Å²) in [6.07, 6.45) is -0.655. The number of hydrogen-bond donors (Lipinski definition) is 1. The normalized spacial score (nSPS) is 19.4. The molecule has 1 heterocycles. The summed E-state index contributed by atoms with van der Waals surface area (Å²) in [4.78, 5) is 3.56. The van der Waals surface area contributed by atoms with E-state index >= 15 is 0 Å². The van der Waals surface area contributed by atoms with Crippen molar-refractivity contribution in [2.24, 2.45) is 5.73 Å². The fourth-order valence-corrected chi connectivity index (χ4v) is 1.29. The van der Waals surface area contributed by atoms with Crippen LogP contribution in [0.2, 0.25) is 0 Å². The Kier molecular flexibility index (Phi) is 1.82. The Balaban J connectivity index is 2.37. The molecular formula is C9H9F3N2. The van der Waals surface area contributed by atoms with Crippen molar-refractivity contribution in [3.05, 3.63) is 29.6 Å². The van der Waals surface area contributed by atoms with Gasteiger partial charge in [0, 0.05) is 17.9 Å². The van der Waals surface area contributed by atoms with Gasteiger partial charge in [-0.3, -0.25) is 4.98 Å². The summed E-state index contributed by atoms with van der Waals surface area (Å²) >= 11 is 0. The monoisotopic (exact) mass is 202 g/mol. The molecule has 1 aromatic rings. The third kappa shape index (κ3) is 1.59. The van der Waals surface area contributed by atoms with Gasteiger partial charge < -0.3 is 5.73 Å². The van der Waals surface area contributed by atoms with Gasteiger partial charge in [-0.15, -0.1) is 0 Å². The van der Waals surface area contributed by atoms with Crippen molar-refractivity contribution < 1.29 is 13.2 Å². The highest BCUT2D eigenvalue weighted by Gasteiger charge is 2.41. The lowest BCUT2D eigenvalue weighted by molar-refractivity contribution is -0.137. The van der Waals surface area contributed by atoms with Crippen LogP contribution in [-0.2, 0) is 11.7 Å². The minimum absolute atomic E-state index is 0.479. The molecule has 0 aliphatic heterocycles. The van der Waals surface area contributed by atoms with Crippen LogP contribution < -0.4 is 5.73 Å². The van der Waals surface area contributed by atoms with E-state index in [9.17, 15) is 13.2 Å². The molecule has 0 bridgehead atoms. The maximum Gasteiger partial charge on any atom is 0.417 e. The number of halogens is 3. The zero-order valence-corrected chi connectivity index (χ0v) is 7.30. The molecule has 0 radical (unpaired) electrons. The van der Waals surface area contributed by atoms with Gasteiger partial charge in [0.2, 0.25) is 0 Å². The van der Waals surface area contributed by atoms with Crippen molar-refractivity contribution in [2.45, 2.75) is 24.6 Å². The maximum absolute atomic E-state index is 12.3. The van der Waals surface area contributed by atoms with Crippen LogP contribution in [0.25, 0.3) is 0 Å². The fraction of sp³-hybridized carbons (Fsp3) is 0.444. The molecule has 0 saturated heterocycles. The van der Waals surface area contributed by atoms with Crippen LogP contribution in [0.4, 0.5) is 13.2 Å². The molecule has 2 rings (SSSR count). The molecule has 2 N–H and O–H groups in total. The zero-order valence-electron chi connectivity index (χ0n) is 7.30. The number of nitrogens with zero attached hydrogens (tertiary/aromatic N) is 1. The largest absolute Gasteiger partial charge is 0.417 e. The van der Waals surface area contributed by atoms with Gasteiger partial charge in [-0.2, -0.15) is 13.2 Å². The highest BCUT2D eigenvalue weighted by Crippen LogP contribution is 2.43. The zero-order chi connectivity index (χ0) is 10.4. The molecule has 1 aromatic heterocycles. The highest BCUT2D eigenvalue weighted by molar-refractivity contribution is 5.30. The number of pyridine rings is 1. The number of nitrogens with two attached hydrogens (primary N) is 1. The standard InChI is InChI=1S/C9H9F3N2/c10-9(11,12)7-3-6(4-14-5-7)8(13)1-2-8/h3-5H,1-2,13H2. The summed E-state index contributed by atoms with van der Waals surface area (Å²) in [6, 6.07) is 1.08. The second-order valence-corrected chi connectivity index (χ2v) is 3.62. The predicted molar refractivity (Wildman–Crippen MR) is 44.3 cm³/mol. The van der Waals surface area contributed by atoms with E-state index in [1.54, 1.807) is 0 Å². The molecular weight excluding hydrogens is 193 g/mol. The first-order chi connectivity index (χ1) is 6.42. The van der Waals surface area contributed by atoms with Gasteiger partial charge in [-0.25, -0.2) is 0 Å².